The lowest BCUT2D eigenvalue weighted by Gasteiger charge is -2.24. The number of pyridine rings is 1. The number of aromatic nitrogens is 2. The van der Waals surface area contributed by atoms with Crippen LogP contribution < -0.4 is 25.4 Å². The molecular formula is C35H38N6O3S. The third-order valence-corrected chi connectivity index (χ3v) is 8.60. The molecule has 2 aromatic heterocycles. The molecule has 3 aromatic carbocycles. The van der Waals surface area contributed by atoms with Crippen LogP contribution in [0.3, 0.4) is 0 Å². The maximum atomic E-state index is 13.5. The number of carbonyl (C=O) groups excluding carboxylic acids is 1. The number of fused-ring (bicyclic) bond motifs is 1. The van der Waals surface area contributed by atoms with Gasteiger partial charge in [0.15, 0.2) is 10.9 Å². The summed E-state index contributed by atoms with van der Waals surface area (Å²) in [5.74, 6) is 1.90. The largest absolute Gasteiger partial charge is 0.492 e. The third kappa shape index (κ3) is 7.19. The van der Waals surface area contributed by atoms with E-state index in [1.165, 1.54) is 12.8 Å². The average molecular weight is 623 g/mol. The molecule has 5 aromatic rings. The smallest absolute Gasteiger partial charge is 0.323 e. The number of carbonyl (C=O) groups is 1. The Morgan fingerprint density at radius 2 is 1.64 bits per heavy atom. The number of urea groups is 1. The van der Waals surface area contributed by atoms with E-state index in [9.17, 15) is 4.79 Å². The molecule has 2 amide bonds. The Labute approximate surface area is 267 Å². The molecule has 1 aliphatic heterocycles. The van der Waals surface area contributed by atoms with E-state index in [0.717, 1.165) is 52.5 Å². The van der Waals surface area contributed by atoms with Crippen molar-refractivity contribution in [1.82, 2.24) is 14.9 Å². The number of benzene rings is 3. The monoisotopic (exact) mass is 622 g/mol. The number of hydrogen-bond donors (Lipinski definition) is 3. The van der Waals surface area contributed by atoms with Crippen molar-refractivity contribution >= 4 is 50.3 Å². The quantitative estimate of drug-likeness (QED) is 0.151. The van der Waals surface area contributed by atoms with E-state index in [-0.39, 0.29) is 11.4 Å². The fourth-order valence-electron chi connectivity index (χ4n) is 5.47. The summed E-state index contributed by atoms with van der Waals surface area (Å²) in [5, 5.41) is 14.2. The lowest BCUT2D eigenvalue weighted by molar-refractivity contribution is 0.262. The van der Waals surface area contributed by atoms with Gasteiger partial charge in [0.05, 0.1) is 29.9 Å². The first-order valence-corrected chi connectivity index (χ1v) is 16.0. The van der Waals surface area contributed by atoms with Crippen molar-refractivity contribution < 1.29 is 14.3 Å². The van der Waals surface area contributed by atoms with Gasteiger partial charge < -0.3 is 25.4 Å². The van der Waals surface area contributed by atoms with Crippen molar-refractivity contribution in [3.8, 4) is 17.2 Å². The number of nitrogens with one attached hydrogen (secondary N) is 3. The highest BCUT2D eigenvalue weighted by Gasteiger charge is 2.22. The van der Waals surface area contributed by atoms with Gasteiger partial charge in [0.1, 0.15) is 11.5 Å². The van der Waals surface area contributed by atoms with E-state index in [0.29, 0.717) is 28.6 Å². The molecule has 6 rings (SSSR count). The number of amides is 2. The van der Waals surface area contributed by atoms with E-state index in [1.54, 1.807) is 43.0 Å². The zero-order chi connectivity index (χ0) is 31.4. The molecule has 232 valence electrons. The number of ether oxygens (including phenoxy) is 2. The van der Waals surface area contributed by atoms with Crippen LogP contribution in [0.2, 0.25) is 0 Å². The zero-order valence-electron chi connectivity index (χ0n) is 26.0. The van der Waals surface area contributed by atoms with E-state index in [2.05, 4.69) is 58.1 Å². The molecule has 0 radical (unpaired) electrons. The van der Waals surface area contributed by atoms with Crippen LogP contribution in [0.5, 0.6) is 17.2 Å². The van der Waals surface area contributed by atoms with Gasteiger partial charge >= 0.3 is 6.03 Å². The van der Waals surface area contributed by atoms with Crippen molar-refractivity contribution in [2.75, 3.05) is 36.1 Å². The third-order valence-electron chi connectivity index (χ3n) is 7.79. The molecule has 1 aliphatic rings. The van der Waals surface area contributed by atoms with Crippen molar-refractivity contribution in [2.45, 2.75) is 45.6 Å². The lowest BCUT2D eigenvalue weighted by atomic mass is 9.86. The normalized spacial score (nSPS) is 13.5. The first kappa shape index (κ1) is 30.4. The molecule has 0 unspecified atom stereocenters. The molecule has 9 nitrogen and oxygen atoms in total. The maximum Gasteiger partial charge on any atom is 0.323 e. The molecule has 0 bridgehead atoms. The van der Waals surface area contributed by atoms with Gasteiger partial charge in [0.2, 0.25) is 0 Å². The number of anilines is 4. The summed E-state index contributed by atoms with van der Waals surface area (Å²) in [7, 11) is 1.61. The van der Waals surface area contributed by atoms with E-state index < -0.39 is 0 Å². The first-order valence-electron chi connectivity index (χ1n) is 15.1. The van der Waals surface area contributed by atoms with Gasteiger partial charge in [0.25, 0.3) is 0 Å². The minimum atomic E-state index is -0.389. The number of nitrogens with zero attached hydrogens (tertiary/aromatic N) is 3. The van der Waals surface area contributed by atoms with Crippen LogP contribution in [-0.2, 0) is 12.0 Å². The van der Waals surface area contributed by atoms with Crippen molar-refractivity contribution in [3.05, 3.63) is 89.7 Å². The topological polar surface area (TPSA) is 101 Å². The molecule has 45 heavy (non-hydrogen) atoms. The summed E-state index contributed by atoms with van der Waals surface area (Å²) in [5.41, 5.74) is 3.87. The summed E-state index contributed by atoms with van der Waals surface area (Å²) >= 11 is 1.57. The highest BCUT2D eigenvalue weighted by molar-refractivity contribution is 7.13. The summed E-state index contributed by atoms with van der Waals surface area (Å²) in [6.45, 7) is 9.53. The van der Waals surface area contributed by atoms with Gasteiger partial charge in [-0.05, 0) is 73.3 Å². The van der Waals surface area contributed by atoms with Gasteiger partial charge in [-0.25, -0.2) is 9.78 Å². The van der Waals surface area contributed by atoms with Crippen LogP contribution in [0.1, 0.15) is 44.9 Å². The summed E-state index contributed by atoms with van der Waals surface area (Å²) < 4.78 is 12.0. The van der Waals surface area contributed by atoms with E-state index in [4.69, 9.17) is 14.5 Å². The second-order valence-corrected chi connectivity index (χ2v) is 13.0. The number of thiazole rings is 1. The summed E-state index contributed by atoms with van der Waals surface area (Å²) in [4.78, 5) is 24.8. The van der Waals surface area contributed by atoms with Crippen LogP contribution in [0.25, 0.3) is 10.8 Å². The molecule has 0 atom stereocenters. The molecule has 1 saturated heterocycles. The van der Waals surface area contributed by atoms with Crippen molar-refractivity contribution in [1.29, 1.82) is 0 Å². The molecule has 0 saturated carbocycles. The second-order valence-electron chi connectivity index (χ2n) is 12.1. The van der Waals surface area contributed by atoms with Gasteiger partial charge in [-0.1, -0.05) is 45.0 Å². The number of methoxy groups -OCH3 is 1. The van der Waals surface area contributed by atoms with Gasteiger partial charge in [-0.2, -0.15) is 0 Å². The maximum absolute atomic E-state index is 13.5. The molecule has 10 heteroatoms. The van der Waals surface area contributed by atoms with Crippen LogP contribution in [0.4, 0.5) is 27.0 Å². The Hall–Kier alpha value is -4.67. The summed E-state index contributed by atoms with van der Waals surface area (Å²) in [6, 6.07) is 18.8. The Kier molecular flexibility index (Phi) is 8.86. The molecule has 0 aliphatic carbocycles. The fraction of sp³-hybridized carbons (Fsp3) is 0.286. The highest BCUT2D eigenvalue weighted by atomic mass is 32.1. The van der Waals surface area contributed by atoms with Crippen LogP contribution >= 0.6 is 11.3 Å². The molecule has 0 spiro atoms. The molecule has 3 N–H and O–H groups in total. The number of rotatable bonds is 9. The summed E-state index contributed by atoms with van der Waals surface area (Å²) in [6.07, 6.45) is 5.87. The van der Waals surface area contributed by atoms with Crippen LogP contribution in [-0.4, -0.2) is 41.1 Å². The Morgan fingerprint density at radius 1 is 0.933 bits per heavy atom. The Balaban J connectivity index is 1.25. The van der Waals surface area contributed by atoms with E-state index >= 15 is 0 Å². The predicted octanol–water partition coefficient (Wildman–Crippen LogP) is 8.77. The minimum Gasteiger partial charge on any atom is -0.492 e. The van der Waals surface area contributed by atoms with Gasteiger partial charge in [0, 0.05) is 35.1 Å². The molecule has 3 heterocycles. The lowest BCUT2D eigenvalue weighted by Crippen LogP contribution is -2.21. The van der Waals surface area contributed by atoms with Gasteiger partial charge in [-0.3, -0.25) is 9.88 Å². The standard InChI is InChI=1S/C35H38N6O3S/c1-35(2,3)23-19-29(32(43-4)30(20-23)40-34-37-24(22-45-34)21-41-17-7-8-18-41)39-33(42)38-28-11-12-31(27-10-6-5-9-26(27)28)44-25-13-15-36-16-14-25/h5-6,9-16,19-20,22H,7-8,17-18,21H2,1-4H3,(H,37,40)(H2,38,39,42). The SMILES string of the molecule is COc1c(NC(=O)Nc2ccc(Oc3ccncc3)c3ccccc23)cc(C(C)(C)C)cc1Nc1nc(CN2CCCC2)cs1. The second kappa shape index (κ2) is 13.1. The Morgan fingerprint density at radius 3 is 2.38 bits per heavy atom. The first-order chi connectivity index (χ1) is 21.8. The van der Waals surface area contributed by atoms with E-state index in [1.807, 2.05) is 42.5 Å². The fourth-order valence-corrected chi connectivity index (χ4v) is 6.18. The predicted molar refractivity (Wildman–Crippen MR) is 183 cm³/mol. The van der Waals surface area contributed by atoms with Crippen LogP contribution in [0.15, 0.2) is 78.4 Å². The van der Waals surface area contributed by atoms with Gasteiger partial charge in [-0.15, -0.1) is 11.3 Å². The molecule has 1 fully saturated rings. The van der Waals surface area contributed by atoms with Crippen LogP contribution in [0, 0.1) is 0 Å². The molecular weight excluding hydrogens is 584 g/mol. The highest BCUT2D eigenvalue weighted by Crippen LogP contribution is 2.41. The zero-order valence-corrected chi connectivity index (χ0v) is 26.8. The average Bonchev–Trinajstić information content (AvgIpc) is 3.71. The number of likely N-dealkylation sites (tertiary alicyclic amines) is 1. The van der Waals surface area contributed by atoms with Crippen molar-refractivity contribution in [2.24, 2.45) is 0 Å². The van der Waals surface area contributed by atoms with Crippen molar-refractivity contribution in [3.63, 3.8) is 0 Å². The Bertz CT molecular complexity index is 1800. The minimum absolute atomic E-state index is 0.180. The number of hydrogen-bond acceptors (Lipinski definition) is 8.